The Morgan fingerprint density at radius 2 is 1.14 bits per heavy atom. The number of carbonyl (C=O) groups excluding carboxylic acids is 7. The summed E-state index contributed by atoms with van der Waals surface area (Å²) in [5.74, 6) is -6.91. The van der Waals surface area contributed by atoms with Crippen LogP contribution in [0.5, 0.6) is 5.75 Å². The Balaban J connectivity index is 0.00000415. The van der Waals surface area contributed by atoms with E-state index in [0.29, 0.717) is 44.3 Å². The van der Waals surface area contributed by atoms with Crippen molar-refractivity contribution in [2.75, 3.05) is 19.6 Å². The number of ether oxygens (including phenoxy) is 3. The third-order valence-corrected chi connectivity index (χ3v) is 11.8. The molecule has 0 radical (unpaired) electrons. The predicted molar refractivity (Wildman–Crippen MR) is 287 cm³/mol. The zero-order valence-electron chi connectivity index (χ0n) is 48.3. The first-order valence-corrected chi connectivity index (χ1v) is 26.9. The van der Waals surface area contributed by atoms with Crippen LogP contribution in [0.4, 0.5) is 22.8 Å². The summed E-state index contributed by atoms with van der Waals surface area (Å²) in [7, 11) is 0. The number of benzene rings is 1. The lowest BCUT2D eigenvalue weighted by Gasteiger charge is -2.30. The first-order valence-electron chi connectivity index (χ1n) is 26.9. The van der Waals surface area contributed by atoms with Crippen molar-refractivity contribution in [2.45, 2.75) is 220 Å². The van der Waals surface area contributed by atoms with Gasteiger partial charge in [-0.25, -0.2) is 19.2 Å². The fourth-order valence-corrected chi connectivity index (χ4v) is 7.83. The summed E-state index contributed by atoms with van der Waals surface area (Å²) in [5.41, 5.74) is 5.36. The second-order valence-electron chi connectivity index (χ2n) is 23.0. The Morgan fingerprint density at radius 1 is 0.671 bits per heavy atom. The van der Waals surface area contributed by atoms with Crippen LogP contribution in [0.25, 0.3) is 0 Å². The molecular weight excluding hydrogens is 1040 g/mol. The van der Waals surface area contributed by atoms with Gasteiger partial charge in [-0.2, -0.15) is 13.2 Å². The highest BCUT2D eigenvalue weighted by atomic mass is 19.4. The summed E-state index contributed by atoms with van der Waals surface area (Å²) in [4.78, 5) is 118. The number of aliphatic carboxylic acids is 2. The van der Waals surface area contributed by atoms with Crippen molar-refractivity contribution in [3.8, 4) is 5.75 Å². The predicted octanol–water partition coefficient (Wildman–Crippen LogP) is 5.86. The number of carboxylic acid groups (broad SMARTS) is 2. The quantitative estimate of drug-likeness (QED) is 0.0466. The minimum absolute atomic E-state index is 0.0495. The minimum Gasteiger partial charge on any atom is -0.488 e. The molecule has 79 heavy (non-hydrogen) atoms. The third-order valence-electron chi connectivity index (χ3n) is 11.8. The number of hydrogen-bond acceptors (Lipinski definition) is 13. The Bertz CT molecular complexity index is 2160. The van der Waals surface area contributed by atoms with Crippen molar-refractivity contribution in [3.63, 3.8) is 0 Å². The number of carbonyl (C=O) groups is 9. The zero-order valence-corrected chi connectivity index (χ0v) is 48.3. The van der Waals surface area contributed by atoms with Gasteiger partial charge in [0.1, 0.15) is 52.8 Å². The van der Waals surface area contributed by atoms with Crippen molar-refractivity contribution >= 4 is 53.7 Å². The summed E-state index contributed by atoms with van der Waals surface area (Å²) in [6.45, 7) is 24.2. The molecule has 10 N–H and O–H groups in total. The Labute approximate surface area is 462 Å². The standard InChI is InChI=1S/C52H88N8O12.C2HF3O2/c1-14-33(4)41(59-42(61)36(53)31-34-23-25-35(26-24-34)70-50(5,6)7)45(64)58-39(30-32(2)3)44(63)56-37(20-15-17-27-54-48(68)71-51(8,9)10)43(62)57-38(46(65)60-29-19-22-40(60)47(66)67)21-16-18-28-55-49(69)72-52(11,12)13;3-2(4,5)1(6)7/h23-26,32-33,36-41H,14-22,27-31,53H2,1-13H3,(H,54,68)(H,55,69)(H,56,63)(H,57,62)(H,58,64)(H,59,61)(H,66,67);(H,6,7)/t33-,36-,37-,38-,39-,40-,41-;/m0./s1. The van der Waals surface area contributed by atoms with Crippen molar-refractivity contribution in [3.05, 3.63) is 29.8 Å². The molecule has 1 fully saturated rings. The molecule has 1 aliphatic heterocycles. The third kappa shape index (κ3) is 29.4. The van der Waals surface area contributed by atoms with Gasteiger partial charge in [0.25, 0.3) is 0 Å². The summed E-state index contributed by atoms with van der Waals surface area (Å²) < 4.78 is 48.3. The van der Waals surface area contributed by atoms with Gasteiger partial charge >= 0.3 is 30.3 Å². The lowest BCUT2D eigenvalue weighted by Crippen LogP contribution is -2.60. The van der Waals surface area contributed by atoms with Gasteiger partial charge in [0.2, 0.25) is 29.5 Å². The van der Waals surface area contributed by atoms with E-state index in [1.165, 1.54) is 4.90 Å². The highest BCUT2D eigenvalue weighted by Crippen LogP contribution is 2.22. The first-order chi connectivity index (χ1) is 36.3. The van der Waals surface area contributed by atoms with Gasteiger partial charge in [0, 0.05) is 19.6 Å². The molecule has 1 heterocycles. The smallest absolute Gasteiger partial charge is 0.488 e. The molecule has 7 amide bonds. The molecule has 7 atom stereocenters. The van der Waals surface area contributed by atoms with E-state index in [-0.39, 0.29) is 69.2 Å². The number of likely N-dealkylation sites (tertiary alicyclic amines) is 1. The molecular formula is C54H89F3N8O14. The molecule has 2 rings (SSSR count). The summed E-state index contributed by atoms with van der Waals surface area (Å²) in [6, 6.07) is 0.509. The van der Waals surface area contributed by atoms with Crippen molar-refractivity contribution < 1.29 is 80.7 Å². The second kappa shape index (κ2) is 32.6. The van der Waals surface area contributed by atoms with Gasteiger partial charge in [-0.1, -0.05) is 46.2 Å². The van der Waals surface area contributed by atoms with E-state index in [9.17, 15) is 56.6 Å². The molecule has 0 spiro atoms. The fourth-order valence-electron chi connectivity index (χ4n) is 7.83. The van der Waals surface area contributed by atoms with Crippen LogP contribution in [-0.4, -0.2) is 148 Å². The molecule has 0 aliphatic carbocycles. The number of carboxylic acids is 2. The zero-order chi connectivity index (χ0) is 60.6. The maximum atomic E-state index is 14.4. The van der Waals surface area contributed by atoms with Gasteiger partial charge in [0.15, 0.2) is 0 Å². The maximum absolute atomic E-state index is 14.4. The summed E-state index contributed by atoms with van der Waals surface area (Å²) >= 11 is 0. The van der Waals surface area contributed by atoms with Crippen molar-refractivity contribution in [1.82, 2.24) is 36.8 Å². The van der Waals surface area contributed by atoms with Crippen LogP contribution in [-0.2, 0) is 49.5 Å². The maximum Gasteiger partial charge on any atom is 0.490 e. The number of hydrogen-bond donors (Lipinski definition) is 9. The van der Waals surface area contributed by atoms with Gasteiger partial charge in [-0.15, -0.1) is 0 Å². The van der Waals surface area contributed by atoms with E-state index in [1.54, 1.807) is 60.6 Å². The number of alkyl halides is 3. The van der Waals surface area contributed by atoms with Gasteiger partial charge in [-0.3, -0.25) is 24.0 Å². The summed E-state index contributed by atoms with van der Waals surface area (Å²) in [5, 5.41) is 33.7. The number of rotatable bonds is 27. The molecule has 450 valence electrons. The van der Waals surface area contributed by atoms with Crippen molar-refractivity contribution in [1.29, 1.82) is 0 Å². The van der Waals surface area contributed by atoms with E-state index < -0.39 is 107 Å². The van der Waals surface area contributed by atoms with E-state index in [1.807, 2.05) is 53.7 Å². The van der Waals surface area contributed by atoms with Crippen LogP contribution in [0, 0.1) is 11.8 Å². The molecule has 25 heteroatoms. The molecule has 0 aromatic heterocycles. The highest BCUT2D eigenvalue weighted by molar-refractivity contribution is 5.96. The molecule has 0 bridgehead atoms. The highest BCUT2D eigenvalue weighted by Gasteiger charge is 2.40. The topological polar surface area (TPSA) is 323 Å². The molecule has 1 saturated heterocycles. The number of alkyl carbamates (subject to hydrolysis) is 2. The number of unbranched alkanes of at least 4 members (excludes halogenated alkanes) is 2. The van der Waals surface area contributed by atoms with Crippen molar-refractivity contribution in [2.24, 2.45) is 17.6 Å². The fraction of sp³-hybridized carbons (Fsp3) is 0.722. The Hall–Kier alpha value is -6.40. The van der Waals surface area contributed by atoms with E-state index in [2.05, 4.69) is 31.9 Å². The van der Waals surface area contributed by atoms with Gasteiger partial charge in [-0.05, 0) is 156 Å². The lowest BCUT2D eigenvalue weighted by molar-refractivity contribution is -0.192. The van der Waals surface area contributed by atoms with Crippen LogP contribution >= 0.6 is 0 Å². The lowest BCUT2D eigenvalue weighted by atomic mass is 9.96. The van der Waals surface area contributed by atoms with E-state index >= 15 is 0 Å². The van der Waals surface area contributed by atoms with E-state index in [0.717, 1.165) is 5.56 Å². The number of nitrogens with zero attached hydrogens (tertiary/aromatic N) is 1. The molecule has 22 nitrogen and oxygen atoms in total. The average molecular weight is 1130 g/mol. The van der Waals surface area contributed by atoms with Crippen LogP contribution in [0.2, 0.25) is 0 Å². The molecule has 1 aromatic rings. The largest absolute Gasteiger partial charge is 0.490 e. The number of nitrogens with one attached hydrogen (secondary N) is 6. The Kier molecular flexibility index (Phi) is 29.2. The van der Waals surface area contributed by atoms with Gasteiger partial charge < -0.3 is 67.0 Å². The molecule has 1 aromatic carbocycles. The van der Waals surface area contributed by atoms with Crippen LogP contribution < -0.4 is 42.4 Å². The van der Waals surface area contributed by atoms with Crippen LogP contribution in [0.15, 0.2) is 24.3 Å². The summed E-state index contributed by atoms with van der Waals surface area (Å²) in [6.07, 6.45) is -3.20. The first kappa shape index (κ1) is 70.6. The number of amides is 7. The SMILES string of the molecule is CC[C@H](C)[C@H](NC(=O)[C@@H](N)Cc1ccc(OC(C)(C)C)cc1)C(=O)N[C@@H](CC(C)C)C(=O)N[C@@H](CCCCNC(=O)OC(C)(C)C)C(=O)N[C@@H](CCCCNC(=O)OC(C)(C)C)C(=O)N1CCC[C@H]1C(=O)O.O=C(O)C(F)(F)F. The Morgan fingerprint density at radius 3 is 1.58 bits per heavy atom. The number of halogens is 3. The molecule has 0 unspecified atom stereocenters. The monoisotopic (exact) mass is 1130 g/mol. The number of nitrogens with two attached hydrogens (primary N) is 1. The molecule has 1 aliphatic rings. The molecule has 0 saturated carbocycles. The van der Waals surface area contributed by atoms with Gasteiger partial charge in [0.05, 0.1) is 6.04 Å². The average Bonchev–Trinajstić information content (AvgIpc) is 3.81. The normalized spacial score (nSPS) is 16.0. The second-order valence-corrected chi connectivity index (χ2v) is 23.0. The minimum atomic E-state index is -5.08. The van der Waals surface area contributed by atoms with Crippen LogP contribution in [0.1, 0.15) is 160 Å². The van der Waals surface area contributed by atoms with Crippen LogP contribution in [0.3, 0.4) is 0 Å². The van der Waals surface area contributed by atoms with E-state index in [4.69, 9.17) is 29.8 Å².